The number of urea groups is 1. The number of carbonyl (C=O) groups is 2. The van der Waals surface area contributed by atoms with Crippen LogP contribution in [0.1, 0.15) is 19.8 Å². The first-order valence-electron chi connectivity index (χ1n) is 5.26. The highest BCUT2D eigenvalue weighted by Crippen LogP contribution is 2.31. The van der Waals surface area contributed by atoms with E-state index in [2.05, 4.69) is 12.2 Å². The summed E-state index contributed by atoms with van der Waals surface area (Å²) >= 11 is 0. The van der Waals surface area contributed by atoms with Gasteiger partial charge in [-0.05, 0) is 18.3 Å². The van der Waals surface area contributed by atoms with E-state index < -0.39 is 0 Å². The molecule has 0 unspecified atom stereocenters. The zero-order valence-electron chi connectivity index (χ0n) is 8.91. The van der Waals surface area contributed by atoms with E-state index >= 15 is 0 Å². The molecular formula is C10H16N2O3. The van der Waals surface area contributed by atoms with Gasteiger partial charge in [0.25, 0.3) is 0 Å². The van der Waals surface area contributed by atoms with Gasteiger partial charge in [0.1, 0.15) is 6.54 Å². The zero-order valence-corrected chi connectivity index (χ0v) is 8.91. The second-order valence-corrected chi connectivity index (χ2v) is 4.63. The average Bonchev–Trinajstić information content (AvgIpc) is 2.45. The van der Waals surface area contributed by atoms with E-state index in [9.17, 15) is 9.59 Å². The normalized spacial score (nSPS) is 25.5. The van der Waals surface area contributed by atoms with Crippen LogP contribution < -0.4 is 5.32 Å². The van der Waals surface area contributed by atoms with E-state index in [0.29, 0.717) is 6.54 Å². The second kappa shape index (κ2) is 3.81. The fourth-order valence-corrected chi connectivity index (χ4v) is 2.09. The topological polar surface area (TPSA) is 58.6 Å². The maximum absolute atomic E-state index is 11.4. The molecule has 0 aliphatic carbocycles. The van der Waals surface area contributed by atoms with Crippen LogP contribution in [0, 0.1) is 5.41 Å². The molecule has 0 aromatic carbocycles. The monoisotopic (exact) mass is 212 g/mol. The smallest absolute Gasteiger partial charge is 0.324 e. The lowest BCUT2D eigenvalue weighted by Crippen LogP contribution is -2.41. The summed E-state index contributed by atoms with van der Waals surface area (Å²) in [4.78, 5) is 24.0. The van der Waals surface area contributed by atoms with Crippen molar-refractivity contribution in [2.24, 2.45) is 5.41 Å². The third-order valence-electron chi connectivity index (χ3n) is 3.14. The van der Waals surface area contributed by atoms with E-state index in [1.807, 2.05) is 0 Å². The molecule has 0 bridgehead atoms. The highest BCUT2D eigenvalue weighted by atomic mass is 16.5. The van der Waals surface area contributed by atoms with Crippen LogP contribution in [0.2, 0.25) is 0 Å². The van der Waals surface area contributed by atoms with Gasteiger partial charge in [-0.25, -0.2) is 4.79 Å². The molecule has 84 valence electrons. The number of amides is 3. The minimum Gasteiger partial charge on any atom is -0.381 e. The molecule has 0 atom stereocenters. The standard InChI is InChI=1S/C10H16N2O3/c1-10(2-4-15-5-3-10)7-12-6-8(13)11-9(12)14/h2-7H2,1H3,(H,11,13,14). The van der Waals surface area contributed by atoms with Crippen LogP contribution in [-0.2, 0) is 9.53 Å². The summed E-state index contributed by atoms with van der Waals surface area (Å²) in [5.41, 5.74) is 0.0974. The minimum atomic E-state index is -0.257. The van der Waals surface area contributed by atoms with Crippen molar-refractivity contribution in [2.75, 3.05) is 26.3 Å². The molecule has 0 spiro atoms. The Labute approximate surface area is 88.8 Å². The van der Waals surface area contributed by atoms with Crippen molar-refractivity contribution in [2.45, 2.75) is 19.8 Å². The molecule has 2 aliphatic heterocycles. The number of rotatable bonds is 2. The van der Waals surface area contributed by atoms with E-state index in [1.165, 1.54) is 0 Å². The molecule has 5 heteroatoms. The number of hydrogen-bond acceptors (Lipinski definition) is 3. The lowest BCUT2D eigenvalue weighted by molar-refractivity contribution is -0.118. The maximum Gasteiger partial charge on any atom is 0.324 e. The van der Waals surface area contributed by atoms with Crippen molar-refractivity contribution in [3.8, 4) is 0 Å². The molecule has 0 saturated carbocycles. The van der Waals surface area contributed by atoms with Crippen LogP contribution >= 0.6 is 0 Å². The van der Waals surface area contributed by atoms with Crippen molar-refractivity contribution in [1.29, 1.82) is 0 Å². The number of nitrogens with one attached hydrogen (secondary N) is 1. The summed E-state index contributed by atoms with van der Waals surface area (Å²) in [6.07, 6.45) is 1.90. The molecular weight excluding hydrogens is 196 g/mol. The van der Waals surface area contributed by atoms with Gasteiger partial charge in [0.15, 0.2) is 0 Å². The Morgan fingerprint density at radius 3 is 2.60 bits per heavy atom. The quantitative estimate of drug-likeness (QED) is 0.672. The first kappa shape index (κ1) is 10.4. The van der Waals surface area contributed by atoms with Crippen LogP contribution in [0.5, 0.6) is 0 Å². The van der Waals surface area contributed by atoms with Gasteiger partial charge in [0, 0.05) is 19.8 Å². The van der Waals surface area contributed by atoms with Gasteiger partial charge < -0.3 is 9.64 Å². The Hall–Kier alpha value is -1.10. The van der Waals surface area contributed by atoms with Gasteiger partial charge in [-0.2, -0.15) is 0 Å². The summed E-state index contributed by atoms with van der Waals surface area (Å²) in [6, 6.07) is -0.257. The Morgan fingerprint density at radius 1 is 1.40 bits per heavy atom. The Morgan fingerprint density at radius 2 is 2.07 bits per heavy atom. The second-order valence-electron chi connectivity index (χ2n) is 4.63. The molecule has 2 heterocycles. The molecule has 2 aliphatic rings. The van der Waals surface area contributed by atoms with Crippen LogP contribution in [0.25, 0.3) is 0 Å². The largest absolute Gasteiger partial charge is 0.381 e. The lowest BCUT2D eigenvalue weighted by atomic mass is 9.82. The van der Waals surface area contributed by atoms with Crippen molar-refractivity contribution in [3.05, 3.63) is 0 Å². The summed E-state index contributed by atoms with van der Waals surface area (Å²) < 4.78 is 5.29. The van der Waals surface area contributed by atoms with Gasteiger partial charge >= 0.3 is 6.03 Å². The predicted molar refractivity (Wildman–Crippen MR) is 53.3 cm³/mol. The Bertz CT molecular complexity index is 284. The first-order valence-corrected chi connectivity index (χ1v) is 5.26. The molecule has 0 aromatic heterocycles. The molecule has 15 heavy (non-hydrogen) atoms. The van der Waals surface area contributed by atoms with Crippen LogP contribution in [0.3, 0.4) is 0 Å². The molecule has 2 rings (SSSR count). The summed E-state index contributed by atoms with van der Waals surface area (Å²) in [7, 11) is 0. The molecule has 0 aromatic rings. The lowest BCUT2D eigenvalue weighted by Gasteiger charge is -2.36. The molecule has 1 N–H and O–H groups in total. The Kier molecular flexibility index (Phi) is 2.65. The highest BCUT2D eigenvalue weighted by molar-refractivity contribution is 6.01. The van der Waals surface area contributed by atoms with Crippen LogP contribution in [0.15, 0.2) is 0 Å². The number of imide groups is 1. The van der Waals surface area contributed by atoms with Crippen molar-refractivity contribution < 1.29 is 14.3 Å². The van der Waals surface area contributed by atoms with E-state index in [-0.39, 0.29) is 23.9 Å². The fourth-order valence-electron chi connectivity index (χ4n) is 2.09. The predicted octanol–water partition coefficient (Wildman–Crippen LogP) is 0.355. The van der Waals surface area contributed by atoms with E-state index in [0.717, 1.165) is 26.1 Å². The highest BCUT2D eigenvalue weighted by Gasteiger charge is 2.35. The third-order valence-corrected chi connectivity index (χ3v) is 3.14. The number of hydrogen-bond donors (Lipinski definition) is 1. The van der Waals surface area contributed by atoms with Crippen LogP contribution in [-0.4, -0.2) is 43.1 Å². The SMILES string of the molecule is CC1(CN2CC(=O)NC2=O)CCOCC1. The number of ether oxygens (including phenoxy) is 1. The van der Waals surface area contributed by atoms with Gasteiger partial charge in [-0.15, -0.1) is 0 Å². The molecule has 2 saturated heterocycles. The molecule has 3 amide bonds. The molecule has 5 nitrogen and oxygen atoms in total. The first-order chi connectivity index (χ1) is 7.09. The summed E-state index contributed by atoms with van der Waals surface area (Å²) in [5.74, 6) is -0.198. The van der Waals surface area contributed by atoms with Crippen LogP contribution in [0.4, 0.5) is 4.79 Å². The molecule has 2 fully saturated rings. The van der Waals surface area contributed by atoms with Gasteiger partial charge in [-0.1, -0.05) is 6.92 Å². The van der Waals surface area contributed by atoms with Crippen molar-refractivity contribution in [3.63, 3.8) is 0 Å². The van der Waals surface area contributed by atoms with Gasteiger partial charge in [-0.3, -0.25) is 10.1 Å². The number of nitrogens with zero attached hydrogens (tertiary/aromatic N) is 1. The summed E-state index contributed by atoms with van der Waals surface area (Å²) in [5, 5.41) is 2.29. The number of carbonyl (C=O) groups excluding carboxylic acids is 2. The van der Waals surface area contributed by atoms with E-state index in [4.69, 9.17) is 4.74 Å². The third kappa shape index (κ3) is 2.28. The van der Waals surface area contributed by atoms with E-state index in [1.54, 1.807) is 4.90 Å². The molecule has 0 radical (unpaired) electrons. The summed E-state index contributed by atoms with van der Waals surface area (Å²) in [6.45, 7) is 4.49. The average molecular weight is 212 g/mol. The minimum absolute atomic E-state index is 0.0974. The van der Waals surface area contributed by atoms with Crippen molar-refractivity contribution in [1.82, 2.24) is 10.2 Å². The maximum atomic E-state index is 11.4. The van der Waals surface area contributed by atoms with Gasteiger partial charge in [0.05, 0.1) is 0 Å². The fraction of sp³-hybridized carbons (Fsp3) is 0.800. The van der Waals surface area contributed by atoms with Gasteiger partial charge in [0.2, 0.25) is 5.91 Å². The van der Waals surface area contributed by atoms with Crippen molar-refractivity contribution >= 4 is 11.9 Å². The Balaban J connectivity index is 1.95. The zero-order chi connectivity index (χ0) is 10.9.